The summed E-state index contributed by atoms with van der Waals surface area (Å²) in [5.74, 6) is -0.273. The normalized spacial score (nSPS) is 23.3. The number of nitrogens with one attached hydrogen (secondary N) is 1. The molecule has 2 saturated heterocycles. The first kappa shape index (κ1) is 19.2. The highest BCUT2D eigenvalue weighted by atomic mass is 16.2. The van der Waals surface area contributed by atoms with E-state index < -0.39 is 11.5 Å². The van der Waals surface area contributed by atoms with Gasteiger partial charge in [0.2, 0.25) is 11.8 Å². The van der Waals surface area contributed by atoms with Crippen LogP contribution in [0.25, 0.3) is 0 Å². The highest BCUT2D eigenvalue weighted by molar-refractivity contribution is 5.97. The fourth-order valence-electron chi connectivity index (χ4n) is 4.36. The van der Waals surface area contributed by atoms with E-state index in [1.165, 1.54) is 0 Å². The number of nitrogens with zero attached hydrogens (tertiary/aromatic N) is 2. The van der Waals surface area contributed by atoms with Gasteiger partial charge < -0.3 is 15.1 Å². The standard InChI is InChI=1S/C23H25N3O3/c1-25(15-17-8-4-2-5-9-17)21(28)19-14-23(22(29)24-19)12-13-26(16-23)20(27)18-10-6-3-7-11-18/h2-11,19H,12-16H2,1H3,(H,24,29)/t19-,23-/m0/s1. The molecule has 2 aliphatic heterocycles. The molecule has 0 radical (unpaired) electrons. The molecule has 0 aliphatic carbocycles. The molecule has 0 saturated carbocycles. The van der Waals surface area contributed by atoms with Crippen molar-refractivity contribution in [3.8, 4) is 0 Å². The Labute approximate surface area is 170 Å². The second-order valence-corrected chi connectivity index (χ2v) is 8.03. The van der Waals surface area contributed by atoms with Gasteiger partial charge in [0.25, 0.3) is 5.91 Å². The number of hydrogen-bond acceptors (Lipinski definition) is 3. The van der Waals surface area contributed by atoms with Crippen molar-refractivity contribution in [2.24, 2.45) is 5.41 Å². The fourth-order valence-corrected chi connectivity index (χ4v) is 4.36. The van der Waals surface area contributed by atoms with Gasteiger partial charge in [0.1, 0.15) is 6.04 Å². The van der Waals surface area contributed by atoms with Crippen LogP contribution >= 0.6 is 0 Å². The lowest BCUT2D eigenvalue weighted by atomic mass is 9.83. The third-order valence-corrected chi connectivity index (χ3v) is 5.98. The van der Waals surface area contributed by atoms with Crippen LogP contribution in [-0.4, -0.2) is 53.7 Å². The minimum absolute atomic E-state index is 0.0637. The average molecular weight is 391 g/mol. The van der Waals surface area contributed by atoms with Crippen LogP contribution < -0.4 is 5.32 Å². The number of rotatable bonds is 4. The van der Waals surface area contributed by atoms with E-state index in [-0.39, 0.29) is 17.7 Å². The number of amides is 3. The quantitative estimate of drug-likeness (QED) is 0.867. The third kappa shape index (κ3) is 3.75. The number of likely N-dealkylation sites (N-methyl/N-ethyl adjacent to an activating group) is 1. The second kappa shape index (κ2) is 7.70. The van der Waals surface area contributed by atoms with Crippen molar-refractivity contribution in [3.63, 3.8) is 0 Å². The first-order valence-electron chi connectivity index (χ1n) is 9.93. The molecule has 2 aromatic rings. The number of likely N-dealkylation sites (tertiary alicyclic amines) is 1. The van der Waals surface area contributed by atoms with Crippen LogP contribution in [0.3, 0.4) is 0 Å². The average Bonchev–Trinajstić information content (AvgIpc) is 3.32. The van der Waals surface area contributed by atoms with Crippen LogP contribution in [0.5, 0.6) is 0 Å². The van der Waals surface area contributed by atoms with Gasteiger partial charge >= 0.3 is 0 Å². The number of benzene rings is 2. The van der Waals surface area contributed by atoms with Crippen molar-refractivity contribution in [1.82, 2.24) is 15.1 Å². The predicted molar refractivity (Wildman–Crippen MR) is 109 cm³/mol. The lowest BCUT2D eigenvalue weighted by Gasteiger charge is -2.23. The first-order valence-corrected chi connectivity index (χ1v) is 9.93. The van der Waals surface area contributed by atoms with Crippen LogP contribution in [0, 0.1) is 5.41 Å². The van der Waals surface area contributed by atoms with E-state index in [2.05, 4.69) is 5.32 Å². The van der Waals surface area contributed by atoms with Crippen molar-refractivity contribution in [3.05, 3.63) is 71.8 Å². The van der Waals surface area contributed by atoms with E-state index in [1.807, 2.05) is 48.5 Å². The Bertz CT molecular complexity index is 915. The largest absolute Gasteiger partial charge is 0.344 e. The summed E-state index contributed by atoms with van der Waals surface area (Å²) in [5, 5.41) is 2.88. The molecule has 29 heavy (non-hydrogen) atoms. The van der Waals surface area contributed by atoms with Gasteiger partial charge in [-0.1, -0.05) is 48.5 Å². The lowest BCUT2D eigenvalue weighted by Crippen LogP contribution is -2.42. The molecule has 0 aromatic heterocycles. The molecule has 2 atom stereocenters. The summed E-state index contributed by atoms with van der Waals surface area (Å²) in [5.41, 5.74) is 0.999. The number of carbonyl (C=O) groups is 3. The topological polar surface area (TPSA) is 69.7 Å². The summed E-state index contributed by atoms with van der Waals surface area (Å²) in [6, 6.07) is 18.3. The molecule has 2 aliphatic rings. The van der Waals surface area contributed by atoms with E-state index in [4.69, 9.17) is 0 Å². The van der Waals surface area contributed by atoms with Crippen molar-refractivity contribution in [2.75, 3.05) is 20.1 Å². The Kier molecular flexibility index (Phi) is 5.09. The summed E-state index contributed by atoms with van der Waals surface area (Å²) in [4.78, 5) is 41.8. The van der Waals surface area contributed by atoms with Crippen molar-refractivity contribution in [1.29, 1.82) is 0 Å². The monoisotopic (exact) mass is 391 g/mol. The van der Waals surface area contributed by atoms with Crippen LogP contribution in [0.2, 0.25) is 0 Å². The van der Waals surface area contributed by atoms with Crippen molar-refractivity contribution >= 4 is 17.7 Å². The van der Waals surface area contributed by atoms with Crippen molar-refractivity contribution in [2.45, 2.75) is 25.4 Å². The molecular weight excluding hydrogens is 366 g/mol. The number of carbonyl (C=O) groups excluding carboxylic acids is 3. The summed E-state index contributed by atoms with van der Waals surface area (Å²) >= 11 is 0. The van der Waals surface area contributed by atoms with Gasteiger partial charge in [-0.25, -0.2) is 0 Å². The molecule has 6 heteroatoms. The van der Waals surface area contributed by atoms with Gasteiger partial charge in [-0.05, 0) is 30.5 Å². The summed E-state index contributed by atoms with van der Waals surface area (Å²) in [6.07, 6.45) is 1.02. The third-order valence-electron chi connectivity index (χ3n) is 5.98. The van der Waals surface area contributed by atoms with Gasteiger partial charge in [-0.3, -0.25) is 14.4 Å². The Hall–Kier alpha value is -3.15. The maximum atomic E-state index is 12.9. The lowest BCUT2D eigenvalue weighted by molar-refractivity contribution is -0.133. The van der Waals surface area contributed by atoms with Gasteiger partial charge in [-0.2, -0.15) is 0 Å². The number of hydrogen-bond donors (Lipinski definition) is 1. The molecule has 4 rings (SSSR count). The summed E-state index contributed by atoms with van der Waals surface area (Å²) in [7, 11) is 1.76. The maximum Gasteiger partial charge on any atom is 0.253 e. The Morgan fingerprint density at radius 1 is 1.10 bits per heavy atom. The highest BCUT2D eigenvalue weighted by Crippen LogP contribution is 2.40. The van der Waals surface area contributed by atoms with E-state index in [0.29, 0.717) is 38.0 Å². The molecule has 2 aromatic carbocycles. The molecule has 6 nitrogen and oxygen atoms in total. The molecule has 2 fully saturated rings. The Balaban J connectivity index is 1.41. The SMILES string of the molecule is CN(Cc1ccccc1)C(=O)[C@@H]1C[C@]2(CCN(C(=O)c3ccccc3)C2)C(=O)N1. The van der Waals surface area contributed by atoms with Crippen LogP contribution in [0.1, 0.15) is 28.8 Å². The predicted octanol–water partition coefficient (Wildman–Crippen LogP) is 2.07. The fraction of sp³-hybridized carbons (Fsp3) is 0.348. The maximum absolute atomic E-state index is 12.9. The molecule has 1 spiro atoms. The molecule has 150 valence electrons. The van der Waals surface area contributed by atoms with Crippen molar-refractivity contribution < 1.29 is 14.4 Å². The van der Waals surface area contributed by atoms with Crippen LogP contribution in [0.15, 0.2) is 60.7 Å². The molecule has 1 N–H and O–H groups in total. The summed E-state index contributed by atoms with van der Waals surface area (Å²) in [6.45, 7) is 1.39. The van der Waals surface area contributed by atoms with E-state index in [0.717, 1.165) is 5.56 Å². The molecule has 0 bridgehead atoms. The minimum atomic E-state index is -0.668. The second-order valence-electron chi connectivity index (χ2n) is 8.03. The van der Waals surface area contributed by atoms with Crippen LogP contribution in [0.4, 0.5) is 0 Å². The first-order chi connectivity index (χ1) is 14.0. The Morgan fingerprint density at radius 3 is 2.45 bits per heavy atom. The summed E-state index contributed by atoms with van der Waals surface area (Å²) < 4.78 is 0. The molecular formula is C23H25N3O3. The van der Waals surface area contributed by atoms with Crippen LogP contribution in [-0.2, 0) is 16.1 Å². The smallest absolute Gasteiger partial charge is 0.253 e. The zero-order valence-electron chi connectivity index (χ0n) is 16.5. The zero-order valence-corrected chi connectivity index (χ0v) is 16.5. The molecule has 0 unspecified atom stereocenters. The van der Waals surface area contributed by atoms with E-state index >= 15 is 0 Å². The van der Waals surface area contributed by atoms with Gasteiger partial charge in [0.15, 0.2) is 0 Å². The van der Waals surface area contributed by atoms with E-state index in [1.54, 1.807) is 29.0 Å². The van der Waals surface area contributed by atoms with E-state index in [9.17, 15) is 14.4 Å². The minimum Gasteiger partial charge on any atom is -0.344 e. The highest BCUT2D eigenvalue weighted by Gasteiger charge is 2.53. The van der Waals surface area contributed by atoms with Gasteiger partial charge in [0.05, 0.1) is 5.41 Å². The van der Waals surface area contributed by atoms with Gasteiger partial charge in [-0.15, -0.1) is 0 Å². The van der Waals surface area contributed by atoms with Gasteiger partial charge in [0, 0.05) is 32.2 Å². The molecule has 3 amide bonds. The molecule has 2 heterocycles. The zero-order chi connectivity index (χ0) is 20.4. The Morgan fingerprint density at radius 2 is 1.76 bits per heavy atom.